The fraction of sp³-hybridized carbons (Fsp3) is 0.438. The van der Waals surface area contributed by atoms with Crippen LogP contribution in [0.25, 0.3) is 10.9 Å². The third kappa shape index (κ3) is 3.03. The van der Waals surface area contributed by atoms with Crippen LogP contribution in [-0.2, 0) is 11.3 Å². The zero-order valence-corrected chi connectivity index (χ0v) is 13.2. The number of morpholine rings is 1. The topological polar surface area (TPSA) is 25.4 Å². The largest absolute Gasteiger partial charge is 0.374 e. The van der Waals surface area contributed by atoms with Gasteiger partial charge in [-0.2, -0.15) is 0 Å². The van der Waals surface area contributed by atoms with Crippen molar-refractivity contribution in [1.82, 2.24) is 9.88 Å². The first-order valence-electron chi connectivity index (χ1n) is 7.01. The Morgan fingerprint density at radius 1 is 1.40 bits per heavy atom. The van der Waals surface area contributed by atoms with Gasteiger partial charge in [0.2, 0.25) is 0 Å². The molecule has 1 aromatic heterocycles. The predicted molar refractivity (Wildman–Crippen MR) is 85.1 cm³/mol. The summed E-state index contributed by atoms with van der Waals surface area (Å²) in [5.74, 6) is 0. The van der Waals surface area contributed by atoms with Crippen molar-refractivity contribution < 1.29 is 4.74 Å². The van der Waals surface area contributed by atoms with E-state index < -0.39 is 0 Å². The molecule has 0 bridgehead atoms. The molecule has 1 aliphatic rings. The smallest absolute Gasteiger partial charge is 0.0799 e. The van der Waals surface area contributed by atoms with Crippen molar-refractivity contribution in [2.75, 3.05) is 18.5 Å². The number of fused-ring (bicyclic) bond motifs is 1. The van der Waals surface area contributed by atoms with E-state index in [0.29, 0.717) is 12.1 Å². The lowest BCUT2D eigenvalue weighted by atomic mass is 10.1. The summed E-state index contributed by atoms with van der Waals surface area (Å²) in [7, 11) is 0. The maximum Gasteiger partial charge on any atom is 0.0799 e. The fourth-order valence-corrected chi connectivity index (χ4v) is 3.04. The summed E-state index contributed by atoms with van der Waals surface area (Å²) in [5, 5.41) is 2.11. The van der Waals surface area contributed by atoms with E-state index in [-0.39, 0.29) is 0 Å². The van der Waals surface area contributed by atoms with Crippen molar-refractivity contribution in [1.29, 1.82) is 0 Å². The molecule has 0 amide bonds. The average Bonchev–Trinajstić information content (AvgIpc) is 2.49. The summed E-state index contributed by atoms with van der Waals surface area (Å²) < 4.78 is 5.78. The van der Waals surface area contributed by atoms with E-state index >= 15 is 0 Å². The fourth-order valence-electron chi connectivity index (χ4n) is 2.65. The zero-order chi connectivity index (χ0) is 13.9. The summed E-state index contributed by atoms with van der Waals surface area (Å²) in [5.41, 5.74) is 2.40. The molecule has 2 atom stereocenters. The molecule has 20 heavy (non-hydrogen) atoms. The molecular formula is C16H19BrN2O. The molecule has 3 nitrogen and oxygen atoms in total. The van der Waals surface area contributed by atoms with Gasteiger partial charge < -0.3 is 4.74 Å². The lowest BCUT2D eigenvalue weighted by molar-refractivity contribution is -0.0499. The molecule has 0 saturated carbocycles. The van der Waals surface area contributed by atoms with E-state index in [2.05, 4.69) is 57.0 Å². The minimum Gasteiger partial charge on any atom is -0.374 e. The number of rotatable bonds is 3. The molecule has 2 unspecified atom stereocenters. The molecule has 0 radical (unpaired) electrons. The van der Waals surface area contributed by atoms with Crippen LogP contribution in [0.3, 0.4) is 0 Å². The second-order valence-electron chi connectivity index (χ2n) is 5.42. The van der Waals surface area contributed by atoms with Gasteiger partial charge in [0.15, 0.2) is 0 Å². The van der Waals surface area contributed by atoms with Crippen molar-refractivity contribution in [3.8, 4) is 0 Å². The summed E-state index contributed by atoms with van der Waals surface area (Å²) in [6.07, 6.45) is 2.14. The Labute approximate surface area is 128 Å². The van der Waals surface area contributed by atoms with Crippen LogP contribution in [0.15, 0.2) is 36.5 Å². The summed E-state index contributed by atoms with van der Waals surface area (Å²) >= 11 is 3.52. The van der Waals surface area contributed by atoms with Gasteiger partial charge in [0, 0.05) is 36.0 Å². The maximum absolute atomic E-state index is 5.78. The van der Waals surface area contributed by atoms with E-state index in [0.717, 1.165) is 30.5 Å². The van der Waals surface area contributed by atoms with Crippen LogP contribution in [-0.4, -0.2) is 40.5 Å². The standard InChI is InChI=1S/C16H19BrN2O/c1-12-11-20-15(8-17)10-19(12)9-13-4-5-16-14(7-13)3-2-6-18-16/h2-7,12,15H,8-11H2,1H3. The minimum absolute atomic E-state index is 0.299. The first-order chi connectivity index (χ1) is 9.76. The predicted octanol–water partition coefficient (Wildman–Crippen LogP) is 3.22. The second kappa shape index (κ2) is 6.20. The average molecular weight is 335 g/mol. The Morgan fingerprint density at radius 3 is 3.15 bits per heavy atom. The Balaban J connectivity index is 1.77. The normalized spacial score (nSPS) is 24.1. The highest BCUT2D eigenvalue weighted by molar-refractivity contribution is 9.09. The summed E-state index contributed by atoms with van der Waals surface area (Å²) in [4.78, 5) is 6.86. The van der Waals surface area contributed by atoms with E-state index in [9.17, 15) is 0 Å². The monoisotopic (exact) mass is 334 g/mol. The van der Waals surface area contributed by atoms with Crippen LogP contribution < -0.4 is 0 Å². The first-order valence-corrected chi connectivity index (χ1v) is 8.13. The van der Waals surface area contributed by atoms with Crippen LogP contribution in [0.5, 0.6) is 0 Å². The van der Waals surface area contributed by atoms with E-state index in [4.69, 9.17) is 4.74 Å². The minimum atomic E-state index is 0.299. The molecule has 1 aliphatic heterocycles. The quantitative estimate of drug-likeness (QED) is 0.806. The third-order valence-electron chi connectivity index (χ3n) is 3.86. The molecule has 2 aromatic rings. The molecule has 3 rings (SSSR count). The molecular weight excluding hydrogens is 316 g/mol. The van der Waals surface area contributed by atoms with Crippen LogP contribution >= 0.6 is 15.9 Å². The number of pyridine rings is 1. The van der Waals surface area contributed by atoms with Gasteiger partial charge in [-0.1, -0.05) is 28.1 Å². The maximum atomic E-state index is 5.78. The van der Waals surface area contributed by atoms with Gasteiger partial charge in [-0.15, -0.1) is 0 Å². The first kappa shape index (κ1) is 14.0. The van der Waals surface area contributed by atoms with Crippen LogP contribution in [0, 0.1) is 0 Å². The number of ether oxygens (including phenoxy) is 1. The summed E-state index contributed by atoms with van der Waals surface area (Å²) in [6, 6.07) is 11.1. The number of aromatic nitrogens is 1. The van der Waals surface area contributed by atoms with E-state index in [1.165, 1.54) is 10.9 Å². The van der Waals surface area contributed by atoms with Gasteiger partial charge in [-0.3, -0.25) is 9.88 Å². The van der Waals surface area contributed by atoms with Crippen LogP contribution in [0.2, 0.25) is 0 Å². The Bertz CT molecular complexity index is 589. The van der Waals surface area contributed by atoms with Crippen molar-refractivity contribution in [2.24, 2.45) is 0 Å². The van der Waals surface area contributed by atoms with Gasteiger partial charge in [0.25, 0.3) is 0 Å². The molecule has 1 saturated heterocycles. The Hall–Kier alpha value is -0.970. The van der Waals surface area contributed by atoms with E-state index in [1.807, 2.05) is 12.3 Å². The van der Waals surface area contributed by atoms with Gasteiger partial charge in [-0.05, 0) is 30.7 Å². The SMILES string of the molecule is CC1COC(CBr)CN1Cc1ccc2ncccc2c1. The third-order valence-corrected chi connectivity index (χ3v) is 4.58. The highest BCUT2D eigenvalue weighted by Gasteiger charge is 2.25. The number of halogens is 1. The Kier molecular flexibility index (Phi) is 4.34. The number of nitrogens with zero attached hydrogens (tertiary/aromatic N) is 2. The van der Waals surface area contributed by atoms with Crippen molar-refractivity contribution in [3.05, 3.63) is 42.1 Å². The number of hydrogen-bond acceptors (Lipinski definition) is 3. The second-order valence-corrected chi connectivity index (χ2v) is 6.07. The highest BCUT2D eigenvalue weighted by Crippen LogP contribution is 2.19. The lowest BCUT2D eigenvalue weighted by Crippen LogP contribution is -2.48. The molecule has 1 fully saturated rings. The van der Waals surface area contributed by atoms with Gasteiger partial charge in [0.05, 0.1) is 18.2 Å². The van der Waals surface area contributed by atoms with Crippen molar-refractivity contribution >= 4 is 26.8 Å². The molecule has 0 N–H and O–H groups in total. The summed E-state index contributed by atoms with van der Waals surface area (Å²) in [6.45, 7) is 4.99. The molecule has 0 aliphatic carbocycles. The van der Waals surface area contributed by atoms with Gasteiger partial charge in [-0.25, -0.2) is 0 Å². The molecule has 0 spiro atoms. The van der Waals surface area contributed by atoms with Gasteiger partial charge >= 0.3 is 0 Å². The number of alkyl halides is 1. The van der Waals surface area contributed by atoms with Crippen molar-refractivity contribution in [3.63, 3.8) is 0 Å². The lowest BCUT2D eigenvalue weighted by Gasteiger charge is -2.37. The number of hydrogen-bond donors (Lipinski definition) is 0. The number of benzene rings is 1. The highest BCUT2D eigenvalue weighted by atomic mass is 79.9. The van der Waals surface area contributed by atoms with Crippen LogP contribution in [0.4, 0.5) is 0 Å². The zero-order valence-electron chi connectivity index (χ0n) is 11.6. The molecule has 4 heteroatoms. The van der Waals surface area contributed by atoms with E-state index in [1.54, 1.807) is 0 Å². The van der Waals surface area contributed by atoms with Gasteiger partial charge in [0.1, 0.15) is 0 Å². The molecule has 1 aromatic carbocycles. The van der Waals surface area contributed by atoms with Crippen molar-refractivity contribution in [2.45, 2.75) is 25.6 Å². The molecule has 106 valence electrons. The van der Waals surface area contributed by atoms with Crippen LogP contribution in [0.1, 0.15) is 12.5 Å². The molecule has 2 heterocycles. The Morgan fingerprint density at radius 2 is 2.30 bits per heavy atom.